The van der Waals surface area contributed by atoms with Crippen LogP contribution in [-0.2, 0) is 6.42 Å². The molecule has 0 heterocycles. The van der Waals surface area contributed by atoms with Gasteiger partial charge in [0.05, 0.1) is 0 Å². The maximum atomic E-state index is 14.9. The zero-order chi connectivity index (χ0) is 19.5. The van der Waals surface area contributed by atoms with Crippen LogP contribution in [0.5, 0.6) is 0 Å². The van der Waals surface area contributed by atoms with Gasteiger partial charge in [-0.05, 0) is 92.1 Å². The van der Waals surface area contributed by atoms with Gasteiger partial charge < -0.3 is 0 Å². The second-order valence-electron chi connectivity index (χ2n) is 9.24. The molecule has 2 saturated carbocycles. The molecule has 4 unspecified atom stereocenters. The molecule has 0 aliphatic heterocycles. The molecular formula is C27H35F. The molecule has 0 radical (unpaired) electrons. The molecule has 0 nitrogen and oxygen atoms in total. The van der Waals surface area contributed by atoms with Crippen LogP contribution in [-0.4, -0.2) is 0 Å². The van der Waals surface area contributed by atoms with Gasteiger partial charge in [0.15, 0.2) is 0 Å². The average Bonchev–Trinajstić information content (AvgIpc) is 2.74. The molecular weight excluding hydrogens is 343 g/mol. The first-order chi connectivity index (χ1) is 13.7. The van der Waals surface area contributed by atoms with E-state index in [9.17, 15) is 4.39 Å². The Balaban J connectivity index is 1.50. The lowest BCUT2D eigenvalue weighted by Crippen LogP contribution is -2.30. The van der Waals surface area contributed by atoms with Crippen molar-refractivity contribution in [1.82, 2.24) is 0 Å². The molecule has 0 N–H and O–H groups in total. The largest absolute Gasteiger partial charge is 0.206 e. The topological polar surface area (TPSA) is 0 Å². The van der Waals surface area contributed by atoms with Crippen LogP contribution >= 0.6 is 0 Å². The van der Waals surface area contributed by atoms with Gasteiger partial charge in [0, 0.05) is 5.39 Å². The summed E-state index contributed by atoms with van der Waals surface area (Å²) in [7, 11) is 0. The Bertz CT molecular complexity index is 834. The van der Waals surface area contributed by atoms with Crippen LogP contribution in [0.2, 0.25) is 0 Å². The molecule has 0 bridgehead atoms. The Morgan fingerprint density at radius 1 is 1.00 bits per heavy atom. The van der Waals surface area contributed by atoms with Crippen molar-refractivity contribution in [3.63, 3.8) is 0 Å². The number of benzene rings is 2. The number of aryl methyl sites for hydroxylation is 1. The van der Waals surface area contributed by atoms with Gasteiger partial charge in [-0.2, -0.15) is 0 Å². The van der Waals surface area contributed by atoms with Crippen molar-refractivity contribution in [1.29, 1.82) is 0 Å². The normalized spacial score (nSPS) is 28.0. The van der Waals surface area contributed by atoms with Crippen LogP contribution in [0.15, 0.2) is 42.5 Å². The van der Waals surface area contributed by atoms with Gasteiger partial charge in [0.2, 0.25) is 0 Å². The van der Waals surface area contributed by atoms with E-state index < -0.39 is 0 Å². The van der Waals surface area contributed by atoms with Crippen molar-refractivity contribution in [2.75, 3.05) is 0 Å². The molecule has 0 amide bonds. The number of hydrogen-bond acceptors (Lipinski definition) is 0. The lowest BCUT2D eigenvalue weighted by Gasteiger charge is -2.42. The minimum absolute atomic E-state index is 0.0184. The van der Waals surface area contributed by atoms with Crippen molar-refractivity contribution in [2.24, 2.45) is 17.8 Å². The highest BCUT2D eigenvalue weighted by atomic mass is 19.1. The molecule has 0 aromatic heterocycles. The maximum Gasteiger partial charge on any atom is 0.134 e. The van der Waals surface area contributed by atoms with Gasteiger partial charge >= 0.3 is 0 Å². The van der Waals surface area contributed by atoms with Gasteiger partial charge in [0.1, 0.15) is 5.82 Å². The van der Waals surface area contributed by atoms with E-state index in [4.69, 9.17) is 0 Å². The van der Waals surface area contributed by atoms with Gasteiger partial charge in [0.25, 0.3) is 0 Å². The van der Waals surface area contributed by atoms with Crippen molar-refractivity contribution < 1.29 is 4.39 Å². The van der Waals surface area contributed by atoms with E-state index in [0.29, 0.717) is 5.92 Å². The highest BCUT2D eigenvalue weighted by Gasteiger charge is 2.35. The number of fused-ring (bicyclic) bond motifs is 2. The standard InChI is InChI=1S/C27H35F/c1-3-5-6-7-20-10-13-25-18-24(14-15-26(25)27(20)28)23-12-11-21-16-19(4-2)8-9-22(21)17-23/h3,5,10,13-15,18-19,21-23H,4,6-9,11-12,16-17H2,1-2H3/b5-3+. The first-order valence-electron chi connectivity index (χ1n) is 11.5. The molecule has 2 aromatic rings. The van der Waals surface area contributed by atoms with Crippen LogP contribution in [0.1, 0.15) is 82.3 Å². The van der Waals surface area contributed by atoms with Crippen LogP contribution in [0.4, 0.5) is 4.39 Å². The molecule has 2 aliphatic rings. The van der Waals surface area contributed by atoms with E-state index in [1.807, 2.05) is 25.1 Å². The predicted molar refractivity (Wildman–Crippen MR) is 118 cm³/mol. The second kappa shape index (κ2) is 8.80. The first-order valence-corrected chi connectivity index (χ1v) is 11.5. The summed E-state index contributed by atoms with van der Waals surface area (Å²) in [6.07, 6.45) is 15.6. The second-order valence-corrected chi connectivity index (χ2v) is 9.24. The molecule has 0 saturated heterocycles. The monoisotopic (exact) mass is 378 g/mol. The summed E-state index contributed by atoms with van der Waals surface area (Å²) in [6, 6.07) is 10.7. The fourth-order valence-electron chi connectivity index (χ4n) is 5.87. The quantitative estimate of drug-likeness (QED) is 0.460. The Labute approximate surface area is 170 Å². The van der Waals surface area contributed by atoms with E-state index >= 15 is 0 Å². The lowest BCUT2D eigenvalue weighted by molar-refractivity contribution is 0.116. The maximum absolute atomic E-state index is 14.9. The highest BCUT2D eigenvalue weighted by Crippen LogP contribution is 2.48. The molecule has 28 heavy (non-hydrogen) atoms. The number of halogens is 1. The van der Waals surface area contributed by atoms with Crippen LogP contribution < -0.4 is 0 Å². The SMILES string of the molecule is C/C=C/CCc1ccc2cc(C3CCC4CC(CC)CCC4C3)ccc2c1F. The molecule has 0 spiro atoms. The van der Waals surface area contributed by atoms with Gasteiger partial charge in [-0.25, -0.2) is 4.39 Å². The summed E-state index contributed by atoms with van der Waals surface area (Å²) in [4.78, 5) is 0. The minimum Gasteiger partial charge on any atom is -0.206 e. The molecule has 2 aromatic carbocycles. The fraction of sp³-hybridized carbons (Fsp3) is 0.556. The Hall–Kier alpha value is -1.63. The molecule has 2 aliphatic carbocycles. The van der Waals surface area contributed by atoms with Gasteiger partial charge in [-0.15, -0.1) is 0 Å². The van der Waals surface area contributed by atoms with Crippen LogP contribution in [0, 0.1) is 23.6 Å². The third-order valence-electron chi connectivity index (χ3n) is 7.64. The first kappa shape index (κ1) is 19.7. The molecule has 1 heteroatoms. The smallest absolute Gasteiger partial charge is 0.134 e. The zero-order valence-electron chi connectivity index (χ0n) is 17.6. The zero-order valence-corrected chi connectivity index (χ0v) is 17.6. The highest BCUT2D eigenvalue weighted by molar-refractivity contribution is 5.84. The Morgan fingerprint density at radius 2 is 1.82 bits per heavy atom. The predicted octanol–water partition coefficient (Wildman–Crippen LogP) is 8.20. The average molecular weight is 379 g/mol. The van der Waals surface area contributed by atoms with Crippen LogP contribution in [0.25, 0.3) is 10.8 Å². The fourth-order valence-corrected chi connectivity index (χ4v) is 5.87. The van der Waals surface area contributed by atoms with Gasteiger partial charge in [-0.3, -0.25) is 0 Å². The van der Waals surface area contributed by atoms with Crippen molar-refractivity contribution >= 4 is 10.8 Å². The van der Waals surface area contributed by atoms with E-state index in [1.165, 1.54) is 50.5 Å². The van der Waals surface area contributed by atoms with Crippen LogP contribution in [0.3, 0.4) is 0 Å². The lowest BCUT2D eigenvalue weighted by atomic mass is 9.63. The summed E-state index contributed by atoms with van der Waals surface area (Å²) in [5, 5.41) is 1.86. The van der Waals surface area contributed by atoms with Gasteiger partial charge in [-0.1, -0.05) is 62.2 Å². The summed E-state index contributed by atoms with van der Waals surface area (Å²) in [5.74, 6) is 3.51. The van der Waals surface area contributed by atoms with E-state index in [1.54, 1.807) is 0 Å². The summed E-state index contributed by atoms with van der Waals surface area (Å²) in [5.41, 5.74) is 2.27. The molecule has 2 fully saturated rings. The number of rotatable bonds is 5. The summed E-state index contributed by atoms with van der Waals surface area (Å²) < 4.78 is 14.9. The third-order valence-corrected chi connectivity index (χ3v) is 7.64. The van der Waals surface area contributed by atoms with Crippen molar-refractivity contribution in [2.45, 2.75) is 77.6 Å². The van der Waals surface area contributed by atoms with Crippen molar-refractivity contribution in [3.8, 4) is 0 Å². The van der Waals surface area contributed by atoms with E-state index in [2.05, 4.69) is 31.2 Å². The molecule has 4 rings (SSSR count). The Morgan fingerprint density at radius 3 is 2.64 bits per heavy atom. The summed E-state index contributed by atoms with van der Waals surface area (Å²) in [6.45, 7) is 4.37. The number of allylic oxidation sites excluding steroid dienone is 2. The summed E-state index contributed by atoms with van der Waals surface area (Å²) >= 11 is 0. The van der Waals surface area contributed by atoms with Crippen molar-refractivity contribution in [3.05, 3.63) is 59.4 Å². The van der Waals surface area contributed by atoms with E-state index in [-0.39, 0.29) is 5.82 Å². The number of hydrogen-bond donors (Lipinski definition) is 0. The third kappa shape index (κ3) is 4.04. The molecule has 4 atom stereocenters. The Kier molecular flexibility index (Phi) is 6.19. The minimum atomic E-state index is -0.0184. The van der Waals surface area contributed by atoms with E-state index in [0.717, 1.165) is 46.9 Å². The molecule has 150 valence electrons.